The van der Waals surface area contributed by atoms with Crippen molar-refractivity contribution in [1.82, 2.24) is 19.6 Å². The van der Waals surface area contributed by atoms with Gasteiger partial charge >= 0.3 is 0 Å². The van der Waals surface area contributed by atoms with Crippen LogP contribution in [0, 0.1) is 0 Å². The van der Waals surface area contributed by atoms with Gasteiger partial charge in [0, 0.05) is 56.3 Å². The third-order valence-corrected chi connectivity index (χ3v) is 6.26. The van der Waals surface area contributed by atoms with Gasteiger partial charge in [0.2, 0.25) is 0 Å². The molecule has 3 heterocycles. The molecule has 27 heavy (non-hydrogen) atoms. The summed E-state index contributed by atoms with van der Waals surface area (Å²) in [6.45, 7) is 12.0. The fourth-order valence-corrected chi connectivity index (χ4v) is 4.57. The van der Waals surface area contributed by atoms with Gasteiger partial charge in [-0.2, -0.15) is 5.10 Å². The van der Waals surface area contributed by atoms with Crippen LogP contribution in [0.4, 0.5) is 5.69 Å². The Morgan fingerprint density at radius 2 is 1.63 bits per heavy atom. The fourth-order valence-electron chi connectivity index (χ4n) is 4.57. The lowest BCUT2D eigenvalue weighted by Crippen LogP contribution is -2.46. The van der Waals surface area contributed by atoms with E-state index in [2.05, 4.69) is 57.9 Å². The maximum Gasteiger partial charge on any atom is 0.0647 e. The molecule has 0 amide bonds. The van der Waals surface area contributed by atoms with E-state index in [0.717, 1.165) is 24.8 Å². The number of hydrogen-bond donors (Lipinski definition) is 0. The van der Waals surface area contributed by atoms with Crippen molar-refractivity contribution in [3.8, 4) is 5.69 Å². The molecule has 0 saturated carbocycles. The van der Waals surface area contributed by atoms with Gasteiger partial charge in [0.05, 0.1) is 5.69 Å². The summed E-state index contributed by atoms with van der Waals surface area (Å²) < 4.78 is 1.91. The molecule has 0 spiro atoms. The maximum absolute atomic E-state index is 4.31. The van der Waals surface area contributed by atoms with E-state index in [1.807, 2.05) is 23.1 Å². The van der Waals surface area contributed by atoms with Gasteiger partial charge < -0.3 is 4.90 Å². The summed E-state index contributed by atoms with van der Waals surface area (Å²) in [6, 6.07) is 12.2. The number of benzene rings is 1. The van der Waals surface area contributed by atoms with E-state index in [0.29, 0.717) is 6.04 Å². The summed E-state index contributed by atoms with van der Waals surface area (Å²) in [7, 11) is 0. The third kappa shape index (κ3) is 4.36. The minimum atomic E-state index is 0.677. The van der Waals surface area contributed by atoms with Crippen molar-refractivity contribution >= 4 is 5.69 Å². The first-order chi connectivity index (χ1) is 13.2. The molecule has 5 nitrogen and oxygen atoms in total. The SMILES string of the molecule is CC(C)N1CCCN(C2CCN(c3ccc(-n4cccn4)cc3)CC2)CC1. The Morgan fingerprint density at radius 1 is 0.889 bits per heavy atom. The van der Waals surface area contributed by atoms with Crippen molar-refractivity contribution in [1.29, 1.82) is 0 Å². The van der Waals surface area contributed by atoms with Crippen LogP contribution < -0.4 is 4.90 Å². The van der Waals surface area contributed by atoms with Gasteiger partial charge in [-0.25, -0.2) is 4.68 Å². The Morgan fingerprint density at radius 3 is 2.30 bits per heavy atom. The summed E-state index contributed by atoms with van der Waals surface area (Å²) in [5.41, 5.74) is 2.46. The normalized spacial score (nSPS) is 20.9. The summed E-state index contributed by atoms with van der Waals surface area (Å²) in [5, 5.41) is 4.31. The zero-order valence-corrected chi connectivity index (χ0v) is 16.8. The zero-order valence-electron chi connectivity index (χ0n) is 16.8. The minimum Gasteiger partial charge on any atom is -0.371 e. The van der Waals surface area contributed by atoms with Gasteiger partial charge in [-0.1, -0.05) is 0 Å². The first-order valence-electron chi connectivity index (χ1n) is 10.5. The first-order valence-corrected chi connectivity index (χ1v) is 10.5. The lowest BCUT2D eigenvalue weighted by atomic mass is 10.0. The second-order valence-electron chi connectivity index (χ2n) is 8.20. The number of anilines is 1. The van der Waals surface area contributed by atoms with Crippen LogP contribution in [-0.2, 0) is 0 Å². The number of aromatic nitrogens is 2. The van der Waals surface area contributed by atoms with Crippen molar-refractivity contribution in [2.45, 2.75) is 45.2 Å². The van der Waals surface area contributed by atoms with Gasteiger partial charge in [-0.05, 0) is 76.5 Å². The van der Waals surface area contributed by atoms with Gasteiger partial charge in [0.15, 0.2) is 0 Å². The molecule has 0 unspecified atom stereocenters. The monoisotopic (exact) mass is 367 g/mol. The Kier molecular flexibility index (Phi) is 5.79. The Bertz CT molecular complexity index is 686. The molecule has 2 fully saturated rings. The molecule has 2 aliphatic rings. The van der Waals surface area contributed by atoms with E-state index >= 15 is 0 Å². The highest BCUT2D eigenvalue weighted by atomic mass is 15.3. The molecule has 2 aliphatic heterocycles. The Balaban J connectivity index is 1.31. The van der Waals surface area contributed by atoms with Crippen LogP contribution in [0.15, 0.2) is 42.7 Å². The van der Waals surface area contributed by atoms with E-state index in [1.54, 1.807) is 0 Å². The van der Waals surface area contributed by atoms with Crippen molar-refractivity contribution in [2.24, 2.45) is 0 Å². The number of nitrogens with zero attached hydrogens (tertiary/aromatic N) is 5. The summed E-state index contributed by atoms with van der Waals surface area (Å²) in [6.07, 6.45) is 7.68. The highest BCUT2D eigenvalue weighted by Gasteiger charge is 2.26. The van der Waals surface area contributed by atoms with E-state index in [4.69, 9.17) is 0 Å². The van der Waals surface area contributed by atoms with E-state index in [1.165, 1.54) is 51.1 Å². The molecule has 2 aromatic rings. The van der Waals surface area contributed by atoms with Crippen LogP contribution in [0.1, 0.15) is 33.1 Å². The van der Waals surface area contributed by atoms with Gasteiger partial charge in [-0.15, -0.1) is 0 Å². The summed E-state index contributed by atoms with van der Waals surface area (Å²) >= 11 is 0. The Hall–Kier alpha value is -1.85. The van der Waals surface area contributed by atoms with Crippen LogP contribution in [0.3, 0.4) is 0 Å². The van der Waals surface area contributed by atoms with Crippen LogP contribution in [0.2, 0.25) is 0 Å². The van der Waals surface area contributed by atoms with Crippen LogP contribution >= 0.6 is 0 Å². The average molecular weight is 368 g/mol. The number of piperidine rings is 1. The molecule has 146 valence electrons. The fraction of sp³-hybridized carbons (Fsp3) is 0.591. The highest BCUT2D eigenvalue weighted by Crippen LogP contribution is 2.24. The van der Waals surface area contributed by atoms with Crippen molar-refractivity contribution in [3.63, 3.8) is 0 Å². The lowest BCUT2D eigenvalue weighted by Gasteiger charge is -2.39. The van der Waals surface area contributed by atoms with Crippen LogP contribution in [-0.4, -0.2) is 70.9 Å². The van der Waals surface area contributed by atoms with Crippen molar-refractivity contribution < 1.29 is 0 Å². The summed E-state index contributed by atoms with van der Waals surface area (Å²) in [4.78, 5) is 7.94. The van der Waals surface area contributed by atoms with Gasteiger partial charge in [0.1, 0.15) is 0 Å². The van der Waals surface area contributed by atoms with Crippen LogP contribution in [0.25, 0.3) is 5.69 Å². The molecule has 0 bridgehead atoms. The molecule has 5 heteroatoms. The third-order valence-electron chi connectivity index (χ3n) is 6.26. The van der Waals surface area contributed by atoms with Crippen molar-refractivity contribution in [2.75, 3.05) is 44.2 Å². The topological polar surface area (TPSA) is 27.5 Å². The maximum atomic E-state index is 4.31. The quantitative estimate of drug-likeness (QED) is 0.829. The predicted octanol–water partition coefficient (Wildman–Crippen LogP) is 3.26. The summed E-state index contributed by atoms with van der Waals surface area (Å²) in [5.74, 6) is 0. The molecule has 0 aliphatic carbocycles. The van der Waals surface area contributed by atoms with Gasteiger partial charge in [-0.3, -0.25) is 9.80 Å². The molecular weight excluding hydrogens is 334 g/mol. The smallest absolute Gasteiger partial charge is 0.0647 e. The van der Waals surface area contributed by atoms with E-state index in [9.17, 15) is 0 Å². The number of hydrogen-bond acceptors (Lipinski definition) is 4. The van der Waals surface area contributed by atoms with E-state index in [-0.39, 0.29) is 0 Å². The number of rotatable bonds is 4. The lowest BCUT2D eigenvalue weighted by molar-refractivity contribution is 0.165. The zero-order chi connectivity index (χ0) is 18.6. The second-order valence-corrected chi connectivity index (χ2v) is 8.20. The highest BCUT2D eigenvalue weighted by molar-refractivity contribution is 5.51. The second kappa shape index (κ2) is 8.44. The molecule has 0 radical (unpaired) electrons. The molecular formula is C22H33N5. The first kappa shape index (κ1) is 18.5. The standard InChI is InChI=1S/C22H33N5/c1-19(2)24-12-4-13-25(18-17-24)21-9-15-26(16-10-21)20-5-7-22(8-6-20)27-14-3-11-23-27/h3,5-8,11,14,19,21H,4,9-10,12-13,15-18H2,1-2H3. The Labute approximate surface area is 163 Å². The molecule has 0 N–H and O–H groups in total. The molecule has 4 rings (SSSR count). The average Bonchev–Trinajstić information content (AvgIpc) is 3.12. The molecule has 2 saturated heterocycles. The molecule has 0 atom stereocenters. The van der Waals surface area contributed by atoms with Crippen LogP contribution in [0.5, 0.6) is 0 Å². The largest absolute Gasteiger partial charge is 0.371 e. The van der Waals surface area contributed by atoms with E-state index < -0.39 is 0 Å². The predicted molar refractivity (Wildman–Crippen MR) is 112 cm³/mol. The molecule has 1 aromatic carbocycles. The molecule has 1 aromatic heterocycles. The van der Waals surface area contributed by atoms with Crippen molar-refractivity contribution in [3.05, 3.63) is 42.7 Å². The minimum absolute atomic E-state index is 0.677. The van der Waals surface area contributed by atoms with Gasteiger partial charge in [0.25, 0.3) is 0 Å².